The Morgan fingerprint density at radius 3 is 2.00 bits per heavy atom. The SMILES string of the molecule is C=CCC1(CC=C)OC(CC=C)(CC=C)c2nc3ccccc3cc21. The summed E-state index contributed by atoms with van der Waals surface area (Å²) in [5, 5.41) is 1.12. The largest absolute Gasteiger partial charge is 0.356 e. The summed E-state index contributed by atoms with van der Waals surface area (Å²) in [7, 11) is 0. The van der Waals surface area contributed by atoms with Crippen LogP contribution in [0.25, 0.3) is 10.9 Å². The quantitative estimate of drug-likeness (QED) is 0.557. The van der Waals surface area contributed by atoms with E-state index >= 15 is 0 Å². The monoisotopic (exact) mass is 331 g/mol. The minimum absolute atomic E-state index is 0.484. The van der Waals surface area contributed by atoms with Crippen LogP contribution in [0.2, 0.25) is 0 Å². The van der Waals surface area contributed by atoms with E-state index in [2.05, 4.69) is 38.4 Å². The summed E-state index contributed by atoms with van der Waals surface area (Å²) in [6.07, 6.45) is 10.4. The number of benzene rings is 1. The average molecular weight is 331 g/mol. The van der Waals surface area contributed by atoms with E-state index in [1.807, 2.05) is 42.5 Å². The van der Waals surface area contributed by atoms with Gasteiger partial charge in [-0.2, -0.15) is 0 Å². The first-order valence-corrected chi connectivity index (χ1v) is 8.69. The predicted molar refractivity (Wildman–Crippen MR) is 105 cm³/mol. The predicted octanol–water partition coefficient (Wildman–Crippen LogP) is 5.96. The molecule has 0 N–H and O–H groups in total. The van der Waals surface area contributed by atoms with Crippen molar-refractivity contribution in [2.75, 3.05) is 0 Å². The number of aromatic nitrogens is 1. The molecule has 0 aliphatic carbocycles. The zero-order valence-electron chi connectivity index (χ0n) is 14.7. The van der Waals surface area contributed by atoms with Crippen LogP contribution in [0.1, 0.15) is 36.9 Å². The van der Waals surface area contributed by atoms with Crippen LogP contribution < -0.4 is 0 Å². The van der Waals surface area contributed by atoms with Gasteiger partial charge in [-0.25, -0.2) is 4.98 Å². The molecule has 0 spiro atoms. The fraction of sp³-hybridized carbons (Fsp3) is 0.261. The smallest absolute Gasteiger partial charge is 0.118 e. The Bertz CT molecular complexity index is 745. The Kier molecular flexibility index (Phi) is 4.73. The highest BCUT2D eigenvalue weighted by atomic mass is 16.5. The third kappa shape index (κ3) is 2.77. The normalized spacial score (nSPS) is 17.0. The van der Waals surface area contributed by atoms with Crippen LogP contribution in [-0.4, -0.2) is 4.98 Å². The van der Waals surface area contributed by atoms with E-state index in [1.165, 1.54) is 0 Å². The highest BCUT2D eigenvalue weighted by molar-refractivity contribution is 5.80. The number of nitrogens with zero attached hydrogens (tertiary/aromatic N) is 1. The molecule has 2 nitrogen and oxygen atoms in total. The van der Waals surface area contributed by atoms with Gasteiger partial charge in [-0.1, -0.05) is 42.5 Å². The number of hydrogen-bond acceptors (Lipinski definition) is 2. The number of para-hydroxylation sites is 1. The van der Waals surface area contributed by atoms with Gasteiger partial charge in [-0.15, -0.1) is 26.3 Å². The molecular formula is C23H25NO. The summed E-state index contributed by atoms with van der Waals surface area (Å²) >= 11 is 0. The van der Waals surface area contributed by atoms with E-state index in [1.54, 1.807) is 0 Å². The molecule has 0 saturated carbocycles. The Hall–Kier alpha value is -2.45. The van der Waals surface area contributed by atoms with E-state index in [0.29, 0.717) is 25.7 Å². The first kappa shape index (κ1) is 17.4. The first-order chi connectivity index (χ1) is 12.1. The van der Waals surface area contributed by atoms with Crippen molar-refractivity contribution in [2.45, 2.75) is 36.9 Å². The average Bonchev–Trinajstić information content (AvgIpc) is 2.84. The van der Waals surface area contributed by atoms with Crippen molar-refractivity contribution in [1.82, 2.24) is 4.98 Å². The fourth-order valence-electron chi connectivity index (χ4n) is 3.97. The standard InChI is InChI=1S/C23H25NO/c1-5-13-22(14-6-2)19-17-18-11-9-10-12-20(18)24-21(19)23(25-22,15-7-3)16-8-4/h5-12,17H,1-4,13-16H2. The van der Waals surface area contributed by atoms with Crippen LogP contribution >= 0.6 is 0 Å². The van der Waals surface area contributed by atoms with Crippen molar-refractivity contribution in [1.29, 1.82) is 0 Å². The van der Waals surface area contributed by atoms with Crippen LogP contribution in [-0.2, 0) is 15.9 Å². The lowest BCUT2D eigenvalue weighted by molar-refractivity contribution is -0.139. The molecule has 3 rings (SSSR count). The van der Waals surface area contributed by atoms with Gasteiger partial charge < -0.3 is 4.74 Å². The number of hydrogen-bond donors (Lipinski definition) is 0. The molecule has 1 aliphatic heterocycles. The van der Waals surface area contributed by atoms with Gasteiger partial charge in [0.1, 0.15) is 11.2 Å². The molecule has 128 valence electrons. The lowest BCUT2D eigenvalue weighted by atomic mass is 9.84. The molecule has 2 heterocycles. The molecule has 2 heteroatoms. The molecule has 0 unspecified atom stereocenters. The van der Waals surface area contributed by atoms with Crippen LogP contribution in [0.4, 0.5) is 0 Å². The van der Waals surface area contributed by atoms with E-state index in [-0.39, 0.29) is 0 Å². The lowest BCUT2D eigenvalue weighted by Crippen LogP contribution is -2.32. The zero-order chi connectivity index (χ0) is 17.9. The van der Waals surface area contributed by atoms with E-state index in [9.17, 15) is 0 Å². The van der Waals surface area contributed by atoms with Crippen molar-refractivity contribution in [3.63, 3.8) is 0 Å². The molecule has 1 aromatic heterocycles. The van der Waals surface area contributed by atoms with Crippen LogP contribution in [0, 0.1) is 0 Å². The van der Waals surface area contributed by atoms with Crippen molar-refractivity contribution in [2.24, 2.45) is 0 Å². The Balaban J connectivity index is 2.33. The minimum Gasteiger partial charge on any atom is -0.356 e. The Labute approximate surface area is 150 Å². The number of rotatable bonds is 8. The van der Waals surface area contributed by atoms with Crippen LogP contribution in [0.5, 0.6) is 0 Å². The summed E-state index contributed by atoms with van der Waals surface area (Å²) in [5.74, 6) is 0. The van der Waals surface area contributed by atoms with E-state index in [0.717, 1.165) is 22.2 Å². The van der Waals surface area contributed by atoms with Gasteiger partial charge >= 0.3 is 0 Å². The van der Waals surface area contributed by atoms with Gasteiger partial charge in [0.05, 0.1) is 11.2 Å². The van der Waals surface area contributed by atoms with Gasteiger partial charge in [0.2, 0.25) is 0 Å². The van der Waals surface area contributed by atoms with Gasteiger partial charge in [0, 0.05) is 23.8 Å². The Morgan fingerprint density at radius 2 is 1.40 bits per heavy atom. The number of pyridine rings is 1. The highest BCUT2D eigenvalue weighted by Crippen LogP contribution is 2.54. The van der Waals surface area contributed by atoms with Gasteiger partial charge in [0.15, 0.2) is 0 Å². The first-order valence-electron chi connectivity index (χ1n) is 8.69. The molecule has 25 heavy (non-hydrogen) atoms. The molecule has 0 fully saturated rings. The van der Waals surface area contributed by atoms with E-state index in [4.69, 9.17) is 9.72 Å². The summed E-state index contributed by atoms with van der Waals surface area (Å²) in [6, 6.07) is 10.4. The highest BCUT2D eigenvalue weighted by Gasteiger charge is 2.52. The lowest BCUT2D eigenvalue weighted by Gasteiger charge is -2.33. The molecule has 0 bridgehead atoms. The van der Waals surface area contributed by atoms with Crippen molar-refractivity contribution in [3.05, 3.63) is 92.2 Å². The van der Waals surface area contributed by atoms with E-state index < -0.39 is 11.2 Å². The summed E-state index contributed by atoms with van der Waals surface area (Å²) in [5.41, 5.74) is 2.09. The molecule has 0 amide bonds. The van der Waals surface area contributed by atoms with Crippen LogP contribution in [0.3, 0.4) is 0 Å². The zero-order valence-corrected chi connectivity index (χ0v) is 14.7. The second kappa shape index (κ2) is 6.81. The number of fused-ring (bicyclic) bond motifs is 2. The fourth-order valence-corrected chi connectivity index (χ4v) is 3.97. The third-order valence-corrected chi connectivity index (χ3v) is 4.93. The molecule has 2 aromatic rings. The van der Waals surface area contributed by atoms with Crippen molar-refractivity contribution in [3.8, 4) is 0 Å². The molecule has 1 aliphatic rings. The van der Waals surface area contributed by atoms with Crippen molar-refractivity contribution < 1.29 is 4.74 Å². The van der Waals surface area contributed by atoms with Gasteiger partial charge in [-0.05, 0) is 25.0 Å². The molecule has 0 radical (unpaired) electrons. The Morgan fingerprint density at radius 1 is 0.840 bits per heavy atom. The maximum Gasteiger partial charge on any atom is 0.118 e. The minimum atomic E-state index is -0.533. The van der Waals surface area contributed by atoms with Crippen molar-refractivity contribution >= 4 is 10.9 Å². The second-order valence-electron chi connectivity index (χ2n) is 6.64. The second-order valence-corrected chi connectivity index (χ2v) is 6.64. The molecule has 0 atom stereocenters. The maximum atomic E-state index is 6.79. The molecule has 1 aromatic carbocycles. The molecular weight excluding hydrogens is 306 g/mol. The third-order valence-electron chi connectivity index (χ3n) is 4.93. The summed E-state index contributed by atoms with van der Waals surface area (Å²) in [6.45, 7) is 15.8. The van der Waals surface area contributed by atoms with Gasteiger partial charge in [0.25, 0.3) is 0 Å². The van der Waals surface area contributed by atoms with Gasteiger partial charge in [-0.3, -0.25) is 0 Å². The topological polar surface area (TPSA) is 22.1 Å². The van der Waals surface area contributed by atoms with Crippen LogP contribution in [0.15, 0.2) is 81.0 Å². The maximum absolute atomic E-state index is 6.79. The number of ether oxygens (including phenoxy) is 1. The molecule has 0 saturated heterocycles. The summed E-state index contributed by atoms with van der Waals surface area (Å²) in [4.78, 5) is 5.02. The summed E-state index contributed by atoms with van der Waals surface area (Å²) < 4.78 is 6.79.